The lowest BCUT2D eigenvalue weighted by molar-refractivity contribution is -0.823. The lowest BCUT2D eigenvalue weighted by Gasteiger charge is -2.35. The number of rotatable bonds is 4. The van der Waals surface area contributed by atoms with E-state index in [0.29, 0.717) is 45.3 Å². The molecule has 0 aromatic rings. The molecule has 3 heterocycles. The molecule has 3 rings (SSSR count). The first-order valence-electron chi connectivity index (χ1n) is 9.54. The number of carbonyl (C=O) groups is 3. The van der Waals surface area contributed by atoms with Gasteiger partial charge in [0.15, 0.2) is 0 Å². The van der Waals surface area contributed by atoms with Crippen molar-refractivity contribution in [1.82, 2.24) is 20.2 Å². The van der Waals surface area contributed by atoms with Crippen LogP contribution in [-0.2, 0) is 19.6 Å². The Morgan fingerprint density at radius 1 is 1.14 bits per heavy atom. The van der Waals surface area contributed by atoms with Gasteiger partial charge in [-0.3, -0.25) is 9.83 Å². The van der Waals surface area contributed by atoms with Gasteiger partial charge >= 0.3 is 12.1 Å². The summed E-state index contributed by atoms with van der Waals surface area (Å²) >= 11 is 0. The molecule has 0 aromatic carbocycles. The van der Waals surface area contributed by atoms with Gasteiger partial charge in [0.05, 0.1) is 6.04 Å². The number of nitrogens with one attached hydrogen (secondary N) is 1. The van der Waals surface area contributed by atoms with Gasteiger partial charge in [-0.05, 0) is 46.5 Å². The maximum atomic E-state index is 12.7. The molecule has 1 N–H and O–H groups in total. The van der Waals surface area contributed by atoms with E-state index in [1.165, 1.54) is 4.90 Å². The number of ether oxygens (including phenoxy) is 1. The third-order valence-electron chi connectivity index (χ3n) is 5.23. The van der Waals surface area contributed by atoms with Crippen LogP contribution in [0.1, 0.15) is 46.5 Å². The van der Waals surface area contributed by atoms with E-state index < -0.39 is 17.7 Å². The van der Waals surface area contributed by atoms with Crippen molar-refractivity contribution < 1.29 is 34.4 Å². The summed E-state index contributed by atoms with van der Waals surface area (Å²) < 4.78 is 5.37. The predicted octanol–water partition coefficient (Wildman–Crippen LogP) is -0.0908. The molecule has 3 saturated heterocycles. The van der Waals surface area contributed by atoms with Crippen molar-refractivity contribution >= 4 is 18.0 Å². The lowest BCUT2D eigenvalue weighted by atomic mass is 9.99. The Balaban J connectivity index is 1.49. The predicted molar refractivity (Wildman–Crippen MR) is 91.9 cm³/mol. The van der Waals surface area contributed by atoms with Gasteiger partial charge in [0.2, 0.25) is 5.91 Å². The first kappa shape index (κ1) is 20.6. The van der Waals surface area contributed by atoms with Gasteiger partial charge in [-0.15, -0.1) is 4.99 Å². The lowest BCUT2D eigenvalue weighted by Crippen LogP contribution is -2.54. The Labute approximate surface area is 163 Å². The van der Waals surface area contributed by atoms with Gasteiger partial charge in [-0.2, -0.15) is 5.06 Å². The van der Waals surface area contributed by atoms with Crippen molar-refractivity contribution in [2.75, 3.05) is 19.6 Å². The zero-order chi connectivity index (χ0) is 20.5. The number of piperidine rings is 2. The molecule has 28 heavy (non-hydrogen) atoms. The van der Waals surface area contributed by atoms with E-state index in [2.05, 4.69) is 15.3 Å². The minimum absolute atomic E-state index is 0.0704. The molecule has 0 aliphatic carbocycles. The maximum absolute atomic E-state index is 12.7. The third-order valence-corrected chi connectivity index (χ3v) is 5.23. The second-order valence-electron chi connectivity index (χ2n) is 8.40. The first-order chi connectivity index (χ1) is 13.2. The molecule has 0 radical (unpaired) electrons. The quantitative estimate of drug-likeness (QED) is 0.517. The summed E-state index contributed by atoms with van der Waals surface area (Å²) in [6.07, 6.45) is 1.92. The SMILES string of the molecule is CC(C)(C)OC(=O)N1CCC(NC(=O)[C@@H]2CC[C@@H]3CN2C(=O)N3OO[O-])CC1. The topological polar surface area (TPSA) is 124 Å². The summed E-state index contributed by atoms with van der Waals surface area (Å²) in [7, 11) is 0. The number of urea groups is 1. The highest BCUT2D eigenvalue weighted by molar-refractivity contribution is 5.88. The van der Waals surface area contributed by atoms with Gasteiger partial charge in [-0.1, -0.05) is 0 Å². The zero-order valence-corrected chi connectivity index (χ0v) is 16.4. The fourth-order valence-corrected chi connectivity index (χ4v) is 3.87. The van der Waals surface area contributed by atoms with Crippen molar-refractivity contribution in [3.05, 3.63) is 0 Å². The van der Waals surface area contributed by atoms with Crippen LogP contribution in [0, 0.1) is 0 Å². The molecule has 0 unspecified atom stereocenters. The van der Waals surface area contributed by atoms with Crippen LogP contribution in [0.25, 0.3) is 0 Å². The molecular formula is C17H27N4O7-. The van der Waals surface area contributed by atoms with Crippen LogP contribution in [0.15, 0.2) is 0 Å². The van der Waals surface area contributed by atoms with E-state index in [4.69, 9.17) is 4.74 Å². The normalized spacial score (nSPS) is 25.9. The summed E-state index contributed by atoms with van der Waals surface area (Å²) in [5, 5.41) is 17.4. The molecule has 11 heteroatoms. The van der Waals surface area contributed by atoms with E-state index in [9.17, 15) is 19.6 Å². The summed E-state index contributed by atoms with van der Waals surface area (Å²) in [4.78, 5) is 44.5. The van der Waals surface area contributed by atoms with Crippen LogP contribution < -0.4 is 10.6 Å². The molecule has 3 fully saturated rings. The van der Waals surface area contributed by atoms with E-state index in [-0.39, 0.29) is 24.1 Å². The Bertz CT molecular complexity index is 615. The summed E-state index contributed by atoms with van der Waals surface area (Å²) in [5.41, 5.74) is -0.544. The van der Waals surface area contributed by atoms with Crippen molar-refractivity contribution in [3.63, 3.8) is 0 Å². The third kappa shape index (κ3) is 4.47. The van der Waals surface area contributed by atoms with Crippen molar-refractivity contribution in [1.29, 1.82) is 0 Å². The minimum atomic E-state index is -0.604. The fraction of sp³-hybridized carbons (Fsp3) is 0.824. The van der Waals surface area contributed by atoms with Crippen LogP contribution in [0.5, 0.6) is 0 Å². The Morgan fingerprint density at radius 3 is 2.43 bits per heavy atom. The molecule has 158 valence electrons. The van der Waals surface area contributed by atoms with Crippen LogP contribution in [0.4, 0.5) is 9.59 Å². The largest absolute Gasteiger partial charge is 0.690 e. The highest BCUT2D eigenvalue weighted by atomic mass is 17.5. The number of nitrogens with zero attached hydrogens (tertiary/aromatic N) is 3. The van der Waals surface area contributed by atoms with E-state index in [0.717, 1.165) is 5.06 Å². The standard InChI is InChI=1S/C17H28N4O7/c1-17(2,3)26-16(24)19-8-6-11(7-9-19)18-14(22)13-5-4-12-10-20(13)15(23)21(12)27-28-25/h11-13,25H,4-10H2,1-3H3,(H,18,22)/p-1/t12-,13+/m1/s1. The molecule has 2 bridgehead atoms. The van der Waals surface area contributed by atoms with Crippen LogP contribution >= 0.6 is 0 Å². The van der Waals surface area contributed by atoms with E-state index >= 15 is 0 Å². The minimum Gasteiger partial charge on any atom is -0.690 e. The molecule has 3 aliphatic rings. The zero-order valence-electron chi connectivity index (χ0n) is 16.4. The molecular weight excluding hydrogens is 372 g/mol. The van der Waals surface area contributed by atoms with Gasteiger partial charge < -0.3 is 25.1 Å². The molecule has 0 aromatic heterocycles. The average Bonchev–Trinajstić information content (AvgIpc) is 2.86. The smallest absolute Gasteiger partial charge is 0.410 e. The molecule has 11 nitrogen and oxygen atoms in total. The maximum Gasteiger partial charge on any atom is 0.410 e. The van der Waals surface area contributed by atoms with E-state index in [1.807, 2.05) is 20.8 Å². The number of hydrogen-bond donors (Lipinski definition) is 1. The average molecular weight is 399 g/mol. The number of likely N-dealkylation sites (tertiary alicyclic amines) is 1. The molecule has 0 saturated carbocycles. The summed E-state index contributed by atoms with van der Waals surface area (Å²) in [5.74, 6) is -0.229. The van der Waals surface area contributed by atoms with Crippen LogP contribution in [0.3, 0.4) is 0 Å². The Kier molecular flexibility index (Phi) is 5.96. The van der Waals surface area contributed by atoms with Crippen molar-refractivity contribution in [2.45, 2.75) is 70.2 Å². The molecule has 4 amide bonds. The first-order valence-corrected chi connectivity index (χ1v) is 9.54. The number of fused-ring (bicyclic) bond motifs is 2. The van der Waals surface area contributed by atoms with Crippen LogP contribution in [-0.4, -0.2) is 76.3 Å². The van der Waals surface area contributed by atoms with Crippen molar-refractivity contribution in [2.24, 2.45) is 0 Å². The monoisotopic (exact) mass is 399 g/mol. The molecule has 3 aliphatic heterocycles. The van der Waals surface area contributed by atoms with Crippen molar-refractivity contribution in [3.8, 4) is 0 Å². The summed E-state index contributed by atoms with van der Waals surface area (Å²) in [6, 6.07) is -1.51. The van der Waals surface area contributed by atoms with Gasteiger partial charge in [0.1, 0.15) is 11.6 Å². The number of hydrogen-bond acceptors (Lipinski definition) is 7. The van der Waals surface area contributed by atoms with Crippen LogP contribution in [0.2, 0.25) is 0 Å². The Hall–Kier alpha value is -2.11. The summed E-state index contributed by atoms with van der Waals surface area (Å²) in [6.45, 7) is 6.78. The fourth-order valence-electron chi connectivity index (χ4n) is 3.87. The Morgan fingerprint density at radius 2 is 1.82 bits per heavy atom. The van der Waals surface area contributed by atoms with Gasteiger partial charge in [-0.25, -0.2) is 9.59 Å². The highest BCUT2D eigenvalue weighted by Crippen LogP contribution is 2.30. The number of amides is 4. The second kappa shape index (κ2) is 8.10. The van der Waals surface area contributed by atoms with E-state index in [1.54, 1.807) is 4.90 Å². The van der Waals surface area contributed by atoms with Gasteiger partial charge in [0, 0.05) is 25.7 Å². The second-order valence-corrected chi connectivity index (χ2v) is 8.40. The number of hydroxylamine groups is 2. The molecule has 0 spiro atoms. The number of carbonyl (C=O) groups excluding carboxylic acids is 3. The van der Waals surface area contributed by atoms with Gasteiger partial charge in [0.25, 0.3) is 0 Å². The molecule has 2 atom stereocenters. The highest BCUT2D eigenvalue weighted by Gasteiger charge is 2.48.